The second-order valence-electron chi connectivity index (χ2n) is 7.42. The van der Waals surface area contributed by atoms with Crippen LogP contribution in [-0.4, -0.2) is 22.8 Å². The Morgan fingerprint density at radius 2 is 1.74 bits per heavy atom. The van der Waals surface area contributed by atoms with Crippen LogP contribution in [-0.2, 0) is 12.8 Å². The van der Waals surface area contributed by atoms with Gasteiger partial charge in [-0.15, -0.1) is 0 Å². The number of halogens is 3. The third-order valence-corrected chi connectivity index (χ3v) is 5.19. The van der Waals surface area contributed by atoms with Crippen molar-refractivity contribution >= 4 is 16.9 Å². The van der Waals surface area contributed by atoms with Crippen molar-refractivity contribution in [2.45, 2.75) is 12.8 Å². The summed E-state index contributed by atoms with van der Waals surface area (Å²) >= 11 is 0. The molecule has 0 bridgehead atoms. The summed E-state index contributed by atoms with van der Waals surface area (Å²) in [7, 11) is 1.22. The van der Waals surface area contributed by atoms with Gasteiger partial charge in [0.2, 0.25) is 5.43 Å². The molecule has 3 aromatic carbocycles. The number of ether oxygens (including phenoxy) is 2. The standard InChI is InChI=1S/C25H18F3NO5/c1-33-19-10-16(25(26,27)28)9-17(11-19)29-13-21(24(31)32)23(30)20-8-7-18(12-22(20)29)34-14-15-5-3-2-4-6-15/h2-13H,14H2,1H3,(H,31,32). The Labute approximate surface area is 191 Å². The Kier molecular flexibility index (Phi) is 6.02. The minimum Gasteiger partial charge on any atom is -0.497 e. The quantitative estimate of drug-likeness (QED) is 0.415. The average Bonchev–Trinajstić information content (AvgIpc) is 2.82. The van der Waals surface area contributed by atoms with Crippen molar-refractivity contribution in [2.75, 3.05) is 7.11 Å². The second-order valence-corrected chi connectivity index (χ2v) is 7.42. The molecule has 0 atom stereocenters. The Morgan fingerprint density at radius 3 is 2.38 bits per heavy atom. The molecule has 0 saturated carbocycles. The number of benzene rings is 3. The number of carbonyl (C=O) groups is 1. The molecule has 4 rings (SSSR count). The Hall–Kier alpha value is -4.27. The smallest absolute Gasteiger partial charge is 0.416 e. The number of rotatable bonds is 6. The molecule has 0 saturated heterocycles. The number of alkyl halides is 3. The van der Waals surface area contributed by atoms with E-state index in [-0.39, 0.29) is 28.9 Å². The molecule has 0 aliphatic heterocycles. The number of carboxylic acids is 1. The Bertz CT molecular complexity index is 1430. The third-order valence-electron chi connectivity index (χ3n) is 5.19. The molecule has 174 valence electrons. The van der Waals surface area contributed by atoms with E-state index in [2.05, 4.69) is 0 Å². The van der Waals surface area contributed by atoms with Gasteiger partial charge in [-0.05, 0) is 29.8 Å². The van der Waals surface area contributed by atoms with Gasteiger partial charge in [-0.25, -0.2) is 4.79 Å². The molecular formula is C25H18F3NO5. The van der Waals surface area contributed by atoms with Crippen molar-refractivity contribution in [3.8, 4) is 17.2 Å². The molecule has 1 heterocycles. The Balaban J connectivity index is 1.91. The normalized spacial score (nSPS) is 11.4. The highest BCUT2D eigenvalue weighted by Gasteiger charge is 2.32. The van der Waals surface area contributed by atoms with Gasteiger partial charge in [0, 0.05) is 29.4 Å². The van der Waals surface area contributed by atoms with E-state index in [1.807, 2.05) is 30.3 Å². The van der Waals surface area contributed by atoms with Gasteiger partial charge in [0.15, 0.2) is 0 Å². The number of aromatic nitrogens is 1. The molecule has 9 heteroatoms. The summed E-state index contributed by atoms with van der Waals surface area (Å²) in [5, 5.41) is 9.52. The van der Waals surface area contributed by atoms with Crippen molar-refractivity contribution in [3.63, 3.8) is 0 Å². The molecule has 0 radical (unpaired) electrons. The van der Waals surface area contributed by atoms with E-state index in [1.54, 1.807) is 0 Å². The number of pyridine rings is 1. The lowest BCUT2D eigenvalue weighted by atomic mass is 10.1. The van der Waals surface area contributed by atoms with Crippen LogP contribution in [0.5, 0.6) is 11.5 Å². The molecule has 6 nitrogen and oxygen atoms in total. The number of aromatic carboxylic acids is 1. The lowest BCUT2D eigenvalue weighted by Crippen LogP contribution is -2.18. The third kappa shape index (κ3) is 4.59. The van der Waals surface area contributed by atoms with E-state index >= 15 is 0 Å². The van der Waals surface area contributed by atoms with Crippen LogP contribution in [0.25, 0.3) is 16.6 Å². The van der Waals surface area contributed by atoms with Gasteiger partial charge >= 0.3 is 12.1 Å². The van der Waals surface area contributed by atoms with Crippen molar-refractivity contribution in [1.82, 2.24) is 4.57 Å². The second kappa shape index (κ2) is 8.93. The monoisotopic (exact) mass is 469 g/mol. The highest BCUT2D eigenvalue weighted by Crippen LogP contribution is 2.34. The van der Waals surface area contributed by atoms with Crippen LogP contribution in [0.3, 0.4) is 0 Å². The van der Waals surface area contributed by atoms with Gasteiger partial charge in [-0.2, -0.15) is 13.2 Å². The SMILES string of the molecule is COc1cc(-n2cc(C(=O)O)c(=O)c3ccc(OCc4ccccc4)cc32)cc(C(F)(F)F)c1. The summed E-state index contributed by atoms with van der Waals surface area (Å²) < 4.78 is 52.5. The number of carboxylic acid groups (broad SMARTS) is 1. The number of hydrogen-bond donors (Lipinski definition) is 1. The highest BCUT2D eigenvalue weighted by atomic mass is 19.4. The fourth-order valence-electron chi connectivity index (χ4n) is 3.51. The maximum Gasteiger partial charge on any atom is 0.416 e. The molecule has 0 unspecified atom stereocenters. The molecular weight excluding hydrogens is 451 g/mol. The van der Waals surface area contributed by atoms with E-state index < -0.39 is 28.7 Å². The van der Waals surface area contributed by atoms with E-state index in [1.165, 1.54) is 35.9 Å². The fourth-order valence-corrected chi connectivity index (χ4v) is 3.51. The van der Waals surface area contributed by atoms with Crippen LogP contribution in [0, 0.1) is 0 Å². The van der Waals surface area contributed by atoms with E-state index in [9.17, 15) is 27.9 Å². The van der Waals surface area contributed by atoms with Crippen LogP contribution >= 0.6 is 0 Å². The predicted molar refractivity (Wildman–Crippen MR) is 119 cm³/mol. The van der Waals surface area contributed by atoms with Crippen LogP contribution in [0.15, 0.2) is 77.7 Å². The maximum atomic E-state index is 13.5. The van der Waals surface area contributed by atoms with Crippen molar-refractivity contribution in [3.05, 3.63) is 99.8 Å². The molecule has 1 aromatic heterocycles. The van der Waals surface area contributed by atoms with Crippen LogP contribution in [0.1, 0.15) is 21.5 Å². The minimum absolute atomic E-state index is 0.0170. The van der Waals surface area contributed by atoms with E-state index in [0.29, 0.717) is 5.75 Å². The molecule has 0 amide bonds. The number of fused-ring (bicyclic) bond motifs is 1. The maximum absolute atomic E-state index is 13.5. The van der Waals surface area contributed by atoms with Gasteiger partial charge in [-0.3, -0.25) is 4.79 Å². The summed E-state index contributed by atoms with van der Waals surface area (Å²) in [6.07, 6.45) is -3.67. The Morgan fingerprint density at radius 1 is 1.00 bits per heavy atom. The van der Waals surface area contributed by atoms with Gasteiger partial charge in [0.1, 0.15) is 23.7 Å². The van der Waals surface area contributed by atoms with E-state index in [4.69, 9.17) is 9.47 Å². The molecule has 0 aliphatic rings. The number of hydrogen-bond acceptors (Lipinski definition) is 4. The predicted octanol–water partition coefficient (Wildman–Crippen LogP) is 5.30. The summed E-state index contributed by atoms with van der Waals surface area (Å²) in [6, 6.07) is 16.7. The van der Waals surface area contributed by atoms with Gasteiger partial charge in [-0.1, -0.05) is 30.3 Å². The van der Waals surface area contributed by atoms with Crippen molar-refractivity contribution in [2.24, 2.45) is 0 Å². The first-order valence-electron chi connectivity index (χ1n) is 10.0. The number of methoxy groups -OCH3 is 1. The van der Waals surface area contributed by atoms with Crippen LogP contribution in [0.2, 0.25) is 0 Å². The molecule has 0 spiro atoms. The van der Waals surface area contributed by atoms with Crippen molar-refractivity contribution in [1.29, 1.82) is 0 Å². The molecule has 0 fully saturated rings. The summed E-state index contributed by atoms with van der Waals surface area (Å²) in [5.74, 6) is -1.22. The summed E-state index contributed by atoms with van der Waals surface area (Å²) in [4.78, 5) is 24.4. The first kappa shape index (κ1) is 22.9. The zero-order valence-electron chi connectivity index (χ0n) is 17.8. The fraction of sp³-hybridized carbons (Fsp3) is 0.120. The molecule has 34 heavy (non-hydrogen) atoms. The minimum atomic E-state index is -4.67. The average molecular weight is 469 g/mol. The number of nitrogens with zero attached hydrogens (tertiary/aromatic N) is 1. The molecule has 4 aromatic rings. The molecule has 0 aliphatic carbocycles. The zero-order chi connectivity index (χ0) is 24.5. The lowest BCUT2D eigenvalue weighted by molar-refractivity contribution is -0.137. The summed E-state index contributed by atoms with van der Waals surface area (Å²) in [5.41, 5.74) is -1.28. The molecule has 1 N–H and O–H groups in total. The van der Waals surface area contributed by atoms with Crippen LogP contribution < -0.4 is 14.9 Å². The lowest BCUT2D eigenvalue weighted by Gasteiger charge is -2.17. The van der Waals surface area contributed by atoms with Crippen LogP contribution in [0.4, 0.5) is 13.2 Å². The van der Waals surface area contributed by atoms with Gasteiger partial charge < -0.3 is 19.1 Å². The topological polar surface area (TPSA) is 77.8 Å². The van der Waals surface area contributed by atoms with Gasteiger partial charge in [0.05, 0.1) is 18.2 Å². The van der Waals surface area contributed by atoms with E-state index in [0.717, 1.165) is 23.9 Å². The zero-order valence-corrected chi connectivity index (χ0v) is 17.8. The summed E-state index contributed by atoms with van der Waals surface area (Å²) in [6.45, 7) is 0.223. The first-order valence-corrected chi connectivity index (χ1v) is 10.0. The highest BCUT2D eigenvalue weighted by molar-refractivity contribution is 5.93. The van der Waals surface area contributed by atoms with Gasteiger partial charge in [0.25, 0.3) is 0 Å². The largest absolute Gasteiger partial charge is 0.497 e. The van der Waals surface area contributed by atoms with Crippen molar-refractivity contribution < 1.29 is 32.5 Å². The first-order chi connectivity index (χ1) is 16.2.